The first kappa shape index (κ1) is 14.0. The Morgan fingerprint density at radius 1 is 0.722 bits per heavy atom. The van der Waals surface area contributed by atoms with Crippen LogP contribution in [0.2, 0.25) is 39.3 Å². The van der Waals surface area contributed by atoms with Gasteiger partial charge in [0, 0.05) is 0 Å². The van der Waals surface area contributed by atoms with Crippen molar-refractivity contribution in [1.29, 1.82) is 0 Å². The van der Waals surface area contributed by atoms with E-state index in [1.165, 1.54) is 11.1 Å². The van der Waals surface area contributed by atoms with Gasteiger partial charge in [-0.25, -0.2) is 0 Å². The Morgan fingerprint density at radius 3 is 1.33 bits per heavy atom. The Morgan fingerprint density at radius 2 is 1.06 bits per heavy atom. The highest BCUT2D eigenvalue weighted by Gasteiger charge is 2.43. The SMILES string of the molecule is C[Si](C)(C)OC1c2ccccc2C1O[Si](C)(C)C. The molecule has 2 atom stereocenters. The van der Waals surface area contributed by atoms with Crippen LogP contribution in [-0.2, 0) is 8.85 Å². The average molecular weight is 281 g/mol. The zero-order valence-corrected chi connectivity index (χ0v) is 14.3. The van der Waals surface area contributed by atoms with Crippen LogP contribution in [0.3, 0.4) is 0 Å². The lowest BCUT2D eigenvalue weighted by atomic mass is 9.83. The van der Waals surface area contributed by atoms with Crippen molar-refractivity contribution < 1.29 is 8.85 Å². The molecule has 1 aromatic rings. The normalized spacial score (nSPS) is 23.4. The van der Waals surface area contributed by atoms with Gasteiger partial charge in [-0.1, -0.05) is 24.3 Å². The number of benzene rings is 1. The maximum atomic E-state index is 6.29. The Kier molecular flexibility index (Phi) is 3.57. The summed E-state index contributed by atoms with van der Waals surface area (Å²) in [6.45, 7) is 13.4. The van der Waals surface area contributed by atoms with E-state index in [1.807, 2.05) is 0 Å². The van der Waals surface area contributed by atoms with Gasteiger partial charge in [0.25, 0.3) is 0 Å². The second kappa shape index (κ2) is 4.60. The van der Waals surface area contributed by atoms with E-state index in [9.17, 15) is 0 Å². The van der Waals surface area contributed by atoms with Gasteiger partial charge >= 0.3 is 0 Å². The first-order valence-electron chi connectivity index (χ1n) is 6.62. The molecule has 0 aromatic heterocycles. The van der Waals surface area contributed by atoms with E-state index in [1.54, 1.807) is 0 Å². The minimum atomic E-state index is -1.54. The van der Waals surface area contributed by atoms with Gasteiger partial charge in [0.2, 0.25) is 0 Å². The topological polar surface area (TPSA) is 18.5 Å². The highest BCUT2D eigenvalue weighted by atomic mass is 28.4. The lowest BCUT2D eigenvalue weighted by Gasteiger charge is -2.44. The smallest absolute Gasteiger partial charge is 0.184 e. The first-order valence-corrected chi connectivity index (χ1v) is 13.4. The standard InChI is InChI=1S/C14H24O2Si2/c1-17(2,3)15-13-11-9-7-8-10-12(11)14(13)16-18(4,5)6/h7-10,13-14H,1-6H3. The van der Waals surface area contributed by atoms with Crippen molar-refractivity contribution in [3.8, 4) is 0 Å². The lowest BCUT2D eigenvalue weighted by molar-refractivity contribution is 0.0117. The summed E-state index contributed by atoms with van der Waals surface area (Å²) in [5.41, 5.74) is 2.64. The van der Waals surface area contributed by atoms with Crippen LogP contribution >= 0.6 is 0 Å². The molecule has 4 heteroatoms. The van der Waals surface area contributed by atoms with E-state index in [2.05, 4.69) is 63.5 Å². The van der Waals surface area contributed by atoms with E-state index in [4.69, 9.17) is 8.85 Å². The Labute approximate surface area is 113 Å². The van der Waals surface area contributed by atoms with Crippen molar-refractivity contribution in [1.82, 2.24) is 0 Å². The maximum Gasteiger partial charge on any atom is 0.184 e. The highest BCUT2D eigenvalue weighted by molar-refractivity contribution is 6.70. The summed E-state index contributed by atoms with van der Waals surface area (Å²) < 4.78 is 12.6. The fourth-order valence-corrected chi connectivity index (χ4v) is 4.30. The number of rotatable bonds is 4. The minimum Gasteiger partial charge on any atom is -0.408 e. The monoisotopic (exact) mass is 280 g/mol. The predicted molar refractivity (Wildman–Crippen MR) is 80.8 cm³/mol. The lowest BCUT2D eigenvalue weighted by Crippen LogP contribution is -2.41. The molecule has 0 heterocycles. The van der Waals surface area contributed by atoms with Crippen LogP contribution < -0.4 is 0 Å². The van der Waals surface area contributed by atoms with Gasteiger partial charge < -0.3 is 8.85 Å². The molecule has 100 valence electrons. The molecule has 2 unspecified atom stereocenters. The number of hydrogen-bond acceptors (Lipinski definition) is 2. The summed E-state index contributed by atoms with van der Waals surface area (Å²) >= 11 is 0. The third-order valence-corrected chi connectivity index (χ3v) is 4.77. The van der Waals surface area contributed by atoms with Crippen LogP contribution in [0, 0.1) is 0 Å². The molecule has 0 amide bonds. The van der Waals surface area contributed by atoms with Crippen LogP contribution in [0.15, 0.2) is 24.3 Å². The van der Waals surface area contributed by atoms with Crippen molar-refractivity contribution in [2.75, 3.05) is 0 Å². The van der Waals surface area contributed by atoms with Gasteiger partial charge in [-0.15, -0.1) is 0 Å². The van der Waals surface area contributed by atoms with Gasteiger partial charge in [-0.2, -0.15) is 0 Å². The zero-order chi connectivity index (χ0) is 13.6. The summed E-state index contributed by atoms with van der Waals surface area (Å²) in [4.78, 5) is 0. The summed E-state index contributed by atoms with van der Waals surface area (Å²) in [5, 5.41) is 0. The molecule has 0 radical (unpaired) electrons. The van der Waals surface area contributed by atoms with E-state index in [0.717, 1.165) is 0 Å². The fraction of sp³-hybridized carbons (Fsp3) is 0.571. The van der Waals surface area contributed by atoms with Crippen molar-refractivity contribution in [3.05, 3.63) is 35.4 Å². The van der Waals surface area contributed by atoms with Gasteiger partial charge in [0.1, 0.15) is 0 Å². The van der Waals surface area contributed by atoms with Gasteiger partial charge in [-0.05, 0) is 50.4 Å². The van der Waals surface area contributed by atoms with Crippen molar-refractivity contribution >= 4 is 16.6 Å². The second-order valence-electron chi connectivity index (χ2n) is 6.93. The third-order valence-electron chi connectivity index (χ3n) is 2.85. The van der Waals surface area contributed by atoms with Crippen molar-refractivity contribution in [3.63, 3.8) is 0 Å². The second-order valence-corrected chi connectivity index (χ2v) is 15.9. The molecule has 2 rings (SSSR count). The molecule has 0 saturated carbocycles. The van der Waals surface area contributed by atoms with Crippen LogP contribution in [0.5, 0.6) is 0 Å². The molecule has 0 aliphatic heterocycles. The molecule has 0 saturated heterocycles. The molecular weight excluding hydrogens is 256 g/mol. The van der Waals surface area contributed by atoms with Gasteiger partial charge in [-0.3, -0.25) is 0 Å². The fourth-order valence-electron chi connectivity index (χ4n) is 2.27. The molecule has 1 aliphatic carbocycles. The molecule has 1 aliphatic rings. The summed E-state index contributed by atoms with van der Waals surface area (Å²) in [5.74, 6) is 0. The van der Waals surface area contributed by atoms with E-state index in [0.29, 0.717) is 0 Å². The van der Waals surface area contributed by atoms with E-state index in [-0.39, 0.29) is 12.2 Å². The highest BCUT2D eigenvalue weighted by Crippen LogP contribution is 2.50. The van der Waals surface area contributed by atoms with Crippen molar-refractivity contribution in [2.24, 2.45) is 0 Å². The van der Waals surface area contributed by atoms with E-state index >= 15 is 0 Å². The molecule has 18 heavy (non-hydrogen) atoms. The molecular formula is C14H24O2Si2. The Hall–Kier alpha value is -0.426. The predicted octanol–water partition coefficient (Wildman–Crippen LogP) is 4.49. The zero-order valence-electron chi connectivity index (χ0n) is 12.3. The molecule has 2 nitrogen and oxygen atoms in total. The Bertz CT molecular complexity index is 391. The molecule has 0 bridgehead atoms. The van der Waals surface area contributed by atoms with Gasteiger partial charge in [0.05, 0.1) is 12.2 Å². The summed E-state index contributed by atoms with van der Waals surface area (Å²) in [6, 6.07) is 8.52. The van der Waals surface area contributed by atoms with Crippen molar-refractivity contribution in [2.45, 2.75) is 51.5 Å². The minimum absolute atomic E-state index is 0.152. The van der Waals surface area contributed by atoms with Gasteiger partial charge in [0.15, 0.2) is 16.6 Å². The van der Waals surface area contributed by atoms with Crippen LogP contribution in [-0.4, -0.2) is 16.6 Å². The summed E-state index contributed by atoms with van der Waals surface area (Å²) in [7, 11) is -3.08. The molecule has 1 aromatic carbocycles. The largest absolute Gasteiger partial charge is 0.408 e. The molecule has 0 fully saturated rings. The maximum absolute atomic E-state index is 6.29. The van der Waals surface area contributed by atoms with Crippen LogP contribution in [0.25, 0.3) is 0 Å². The summed E-state index contributed by atoms with van der Waals surface area (Å²) in [6.07, 6.45) is 0.305. The number of hydrogen-bond donors (Lipinski definition) is 0. The molecule has 0 N–H and O–H groups in total. The number of fused-ring (bicyclic) bond motifs is 1. The Balaban J connectivity index is 2.22. The molecule has 0 spiro atoms. The quantitative estimate of drug-likeness (QED) is 0.757. The first-order chi connectivity index (χ1) is 8.17. The average Bonchev–Trinajstić information content (AvgIpc) is 2.21. The van der Waals surface area contributed by atoms with E-state index < -0.39 is 16.6 Å². The van der Waals surface area contributed by atoms with Crippen LogP contribution in [0.4, 0.5) is 0 Å². The van der Waals surface area contributed by atoms with Crippen LogP contribution in [0.1, 0.15) is 23.3 Å². The third kappa shape index (κ3) is 3.12.